The van der Waals surface area contributed by atoms with Gasteiger partial charge in [-0.1, -0.05) is 13.8 Å². The zero-order valence-electron chi connectivity index (χ0n) is 10.8. The van der Waals surface area contributed by atoms with E-state index in [1.165, 1.54) is 11.8 Å². The minimum absolute atomic E-state index is 0.0138. The van der Waals surface area contributed by atoms with Crippen LogP contribution in [0.4, 0.5) is 0 Å². The molecule has 2 N–H and O–H groups in total. The van der Waals surface area contributed by atoms with Gasteiger partial charge in [0.25, 0.3) is 0 Å². The topological polar surface area (TPSA) is 69.6 Å². The molecular weight excluding hydrogens is 252 g/mol. The van der Waals surface area contributed by atoms with Gasteiger partial charge in [-0.15, -0.1) is 11.8 Å². The van der Waals surface area contributed by atoms with Crippen molar-refractivity contribution in [3.8, 4) is 0 Å². The van der Waals surface area contributed by atoms with Crippen LogP contribution in [0.15, 0.2) is 0 Å². The Morgan fingerprint density at radius 3 is 2.72 bits per heavy atom. The van der Waals surface area contributed by atoms with Crippen LogP contribution < -0.4 is 5.32 Å². The Morgan fingerprint density at radius 2 is 2.22 bits per heavy atom. The van der Waals surface area contributed by atoms with Gasteiger partial charge < -0.3 is 15.3 Å². The SMILES string of the molecule is CC(C)C1(C(=O)N2CSCC2C(=O)O)CCNC1. The van der Waals surface area contributed by atoms with Gasteiger partial charge in [-0.05, 0) is 18.9 Å². The van der Waals surface area contributed by atoms with Crippen LogP contribution in [0.1, 0.15) is 20.3 Å². The second-order valence-electron chi connectivity index (χ2n) is 5.37. The van der Waals surface area contributed by atoms with Crippen molar-refractivity contribution in [2.75, 3.05) is 24.7 Å². The number of nitrogens with one attached hydrogen (secondary N) is 1. The van der Waals surface area contributed by atoms with Gasteiger partial charge in [-0.25, -0.2) is 4.79 Å². The summed E-state index contributed by atoms with van der Waals surface area (Å²) in [4.78, 5) is 25.5. The molecule has 0 spiro atoms. The standard InChI is InChI=1S/C12H20N2O3S/c1-8(2)12(3-4-13-6-12)11(17)14-7-18-5-9(14)10(15)16/h8-9,13H,3-7H2,1-2H3,(H,15,16). The maximum atomic E-state index is 12.7. The summed E-state index contributed by atoms with van der Waals surface area (Å²) in [6.07, 6.45) is 0.803. The van der Waals surface area contributed by atoms with Gasteiger partial charge in [-0.3, -0.25) is 4.79 Å². The smallest absolute Gasteiger partial charge is 0.327 e. The second kappa shape index (κ2) is 5.09. The molecule has 2 aliphatic rings. The van der Waals surface area contributed by atoms with E-state index in [4.69, 9.17) is 0 Å². The fraction of sp³-hybridized carbons (Fsp3) is 0.833. The van der Waals surface area contributed by atoms with Crippen LogP contribution in [0.3, 0.4) is 0 Å². The first-order valence-electron chi connectivity index (χ1n) is 6.31. The quantitative estimate of drug-likeness (QED) is 0.788. The minimum Gasteiger partial charge on any atom is -0.480 e. The van der Waals surface area contributed by atoms with Crippen LogP contribution in [-0.4, -0.2) is 52.6 Å². The van der Waals surface area contributed by atoms with Gasteiger partial charge in [0.1, 0.15) is 6.04 Å². The predicted molar refractivity (Wildman–Crippen MR) is 70.4 cm³/mol. The van der Waals surface area contributed by atoms with Gasteiger partial charge in [0.05, 0.1) is 11.3 Å². The number of carboxylic acids is 1. The molecule has 0 aromatic heterocycles. The lowest BCUT2D eigenvalue weighted by molar-refractivity contribution is -0.153. The van der Waals surface area contributed by atoms with Crippen LogP contribution in [0.25, 0.3) is 0 Å². The lowest BCUT2D eigenvalue weighted by Crippen LogP contribution is -2.52. The third-order valence-electron chi connectivity index (χ3n) is 4.15. The summed E-state index contributed by atoms with van der Waals surface area (Å²) in [7, 11) is 0. The molecule has 1 amide bonds. The predicted octanol–water partition coefficient (Wildman–Crippen LogP) is 0.608. The van der Waals surface area contributed by atoms with Crippen molar-refractivity contribution in [3.63, 3.8) is 0 Å². The summed E-state index contributed by atoms with van der Waals surface area (Å²) in [5, 5.41) is 12.4. The molecule has 2 heterocycles. The highest BCUT2D eigenvalue weighted by atomic mass is 32.2. The number of rotatable bonds is 3. The lowest BCUT2D eigenvalue weighted by atomic mass is 9.75. The van der Waals surface area contributed by atoms with Crippen molar-refractivity contribution in [3.05, 3.63) is 0 Å². The van der Waals surface area contributed by atoms with Crippen LogP contribution in [0.5, 0.6) is 0 Å². The average Bonchev–Trinajstić information content (AvgIpc) is 2.98. The molecule has 0 radical (unpaired) electrons. The third-order valence-corrected chi connectivity index (χ3v) is 5.16. The van der Waals surface area contributed by atoms with Gasteiger partial charge in [0.2, 0.25) is 5.91 Å². The van der Waals surface area contributed by atoms with Crippen molar-refractivity contribution < 1.29 is 14.7 Å². The summed E-state index contributed by atoms with van der Waals surface area (Å²) in [5.74, 6) is 0.352. The van der Waals surface area contributed by atoms with E-state index in [9.17, 15) is 14.7 Å². The van der Waals surface area contributed by atoms with Crippen molar-refractivity contribution >= 4 is 23.6 Å². The molecule has 0 aromatic carbocycles. The summed E-state index contributed by atoms with van der Waals surface area (Å²) in [6, 6.07) is -0.654. The Bertz CT molecular complexity index is 353. The highest BCUT2D eigenvalue weighted by Crippen LogP contribution is 2.38. The van der Waals surface area contributed by atoms with Gasteiger partial charge >= 0.3 is 5.97 Å². The third kappa shape index (κ3) is 2.12. The van der Waals surface area contributed by atoms with Crippen molar-refractivity contribution in [2.24, 2.45) is 11.3 Å². The number of thioether (sulfide) groups is 1. The monoisotopic (exact) mass is 272 g/mol. The molecule has 2 saturated heterocycles. The molecular formula is C12H20N2O3S. The van der Waals surface area contributed by atoms with E-state index in [0.717, 1.165) is 13.0 Å². The number of hydrogen-bond acceptors (Lipinski definition) is 4. The van der Waals surface area contributed by atoms with Gasteiger partial charge in [-0.2, -0.15) is 0 Å². The molecule has 0 saturated carbocycles. The van der Waals surface area contributed by atoms with Crippen molar-refractivity contribution in [1.82, 2.24) is 10.2 Å². The first-order chi connectivity index (χ1) is 8.49. The maximum absolute atomic E-state index is 12.7. The van der Waals surface area contributed by atoms with Crippen LogP contribution in [0.2, 0.25) is 0 Å². The van der Waals surface area contributed by atoms with Crippen molar-refractivity contribution in [1.29, 1.82) is 0 Å². The van der Waals surface area contributed by atoms with E-state index in [0.29, 0.717) is 18.2 Å². The fourth-order valence-electron chi connectivity index (χ4n) is 2.77. The molecule has 2 rings (SSSR count). The van der Waals surface area contributed by atoms with Crippen molar-refractivity contribution in [2.45, 2.75) is 26.3 Å². The molecule has 5 nitrogen and oxygen atoms in total. The lowest BCUT2D eigenvalue weighted by Gasteiger charge is -2.36. The van der Waals surface area contributed by atoms with E-state index in [1.54, 1.807) is 4.90 Å². The molecule has 2 atom stereocenters. The van der Waals surface area contributed by atoms with E-state index >= 15 is 0 Å². The molecule has 2 fully saturated rings. The summed E-state index contributed by atoms with van der Waals surface area (Å²) < 4.78 is 0. The van der Waals surface area contributed by atoms with E-state index in [-0.39, 0.29) is 11.8 Å². The van der Waals surface area contributed by atoms with E-state index in [2.05, 4.69) is 5.32 Å². The molecule has 102 valence electrons. The minimum atomic E-state index is -0.891. The molecule has 6 heteroatoms. The number of hydrogen-bond donors (Lipinski definition) is 2. The molecule has 0 aliphatic carbocycles. The highest BCUT2D eigenvalue weighted by Gasteiger charge is 2.49. The number of carbonyl (C=O) groups is 2. The Kier molecular flexibility index (Phi) is 3.87. The first-order valence-corrected chi connectivity index (χ1v) is 7.47. The number of carbonyl (C=O) groups excluding carboxylic acids is 1. The Hall–Kier alpha value is -0.750. The number of aliphatic carboxylic acids is 1. The zero-order valence-corrected chi connectivity index (χ0v) is 11.6. The van der Waals surface area contributed by atoms with Crippen LogP contribution >= 0.6 is 11.8 Å². The zero-order chi connectivity index (χ0) is 13.3. The van der Waals surface area contributed by atoms with Crippen LogP contribution in [-0.2, 0) is 9.59 Å². The molecule has 18 heavy (non-hydrogen) atoms. The number of nitrogens with zero attached hydrogens (tertiary/aromatic N) is 1. The molecule has 2 unspecified atom stereocenters. The van der Waals surface area contributed by atoms with Crippen LogP contribution in [0, 0.1) is 11.3 Å². The Balaban J connectivity index is 2.21. The fourth-order valence-corrected chi connectivity index (χ4v) is 3.91. The number of amides is 1. The maximum Gasteiger partial charge on any atom is 0.327 e. The summed E-state index contributed by atoms with van der Waals surface area (Å²) >= 11 is 1.52. The van der Waals surface area contributed by atoms with Gasteiger partial charge in [0.15, 0.2) is 0 Å². The average molecular weight is 272 g/mol. The normalized spacial score (nSPS) is 32.2. The highest BCUT2D eigenvalue weighted by molar-refractivity contribution is 7.99. The summed E-state index contributed by atoms with van der Waals surface area (Å²) in [5.41, 5.74) is -0.418. The number of carboxylic acid groups (broad SMARTS) is 1. The van der Waals surface area contributed by atoms with Gasteiger partial charge in [0, 0.05) is 12.3 Å². The van der Waals surface area contributed by atoms with E-state index in [1.807, 2.05) is 13.8 Å². The molecule has 2 aliphatic heterocycles. The van der Waals surface area contributed by atoms with E-state index < -0.39 is 17.4 Å². The second-order valence-corrected chi connectivity index (χ2v) is 6.37. The Labute approximate surface area is 111 Å². The Morgan fingerprint density at radius 1 is 1.50 bits per heavy atom. The molecule has 0 aromatic rings. The largest absolute Gasteiger partial charge is 0.480 e. The molecule has 0 bridgehead atoms. The summed E-state index contributed by atoms with van der Waals surface area (Å²) in [6.45, 7) is 5.59. The first kappa shape index (κ1) is 13.7.